The maximum absolute atomic E-state index is 13.7. The molecule has 216 valence electrons. The fraction of sp³-hybridized carbons (Fsp3) is 0.379. The van der Waals surface area contributed by atoms with Crippen LogP contribution in [0.5, 0.6) is 0 Å². The largest absolute Gasteiger partial charge is 0.476 e. The summed E-state index contributed by atoms with van der Waals surface area (Å²) >= 11 is 0. The van der Waals surface area contributed by atoms with Crippen molar-refractivity contribution >= 4 is 23.7 Å². The number of amides is 3. The van der Waals surface area contributed by atoms with E-state index >= 15 is 0 Å². The summed E-state index contributed by atoms with van der Waals surface area (Å²) < 4.78 is 1.24. The molecule has 0 unspecified atom stereocenters. The molecule has 4 rings (SSSR count). The Labute approximate surface area is 237 Å². The zero-order valence-electron chi connectivity index (χ0n) is 23.1. The normalized spacial score (nSPS) is 18.2. The molecule has 1 aromatic heterocycles. The summed E-state index contributed by atoms with van der Waals surface area (Å²) in [5.41, 5.74) is 8.37. The van der Waals surface area contributed by atoms with Gasteiger partial charge in [0.25, 0.3) is 0 Å². The topological polar surface area (TPSA) is 181 Å². The Morgan fingerprint density at radius 1 is 1.05 bits per heavy atom. The quantitative estimate of drug-likeness (QED) is 0.285. The third-order valence-electron chi connectivity index (χ3n) is 7.30. The van der Waals surface area contributed by atoms with Crippen molar-refractivity contribution in [1.82, 2.24) is 25.2 Å². The third-order valence-corrected chi connectivity index (χ3v) is 7.30. The Kier molecular flexibility index (Phi) is 8.82. The van der Waals surface area contributed by atoms with Crippen molar-refractivity contribution in [1.29, 1.82) is 0 Å². The summed E-state index contributed by atoms with van der Waals surface area (Å²) in [7, 11) is 0. The number of hydrogen-bond donors (Lipinski definition) is 4. The van der Waals surface area contributed by atoms with Crippen LogP contribution in [-0.2, 0) is 20.8 Å². The fourth-order valence-corrected chi connectivity index (χ4v) is 5.14. The molecule has 4 atom stereocenters. The van der Waals surface area contributed by atoms with E-state index in [1.165, 1.54) is 16.5 Å². The van der Waals surface area contributed by atoms with Crippen molar-refractivity contribution in [2.45, 2.75) is 57.8 Å². The van der Waals surface area contributed by atoms with Gasteiger partial charge in [-0.3, -0.25) is 14.4 Å². The van der Waals surface area contributed by atoms with E-state index in [0.29, 0.717) is 0 Å². The summed E-state index contributed by atoms with van der Waals surface area (Å²) in [4.78, 5) is 52.2. The van der Waals surface area contributed by atoms with E-state index in [2.05, 4.69) is 15.6 Å². The predicted octanol–water partition coefficient (Wildman–Crippen LogP) is 1.32. The Bertz CT molecular complexity index is 1420. The predicted molar refractivity (Wildman–Crippen MR) is 148 cm³/mol. The lowest BCUT2D eigenvalue weighted by Gasteiger charge is -2.31. The molecule has 0 bridgehead atoms. The molecule has 0 aliphatic carbocycles. The highest BCUT2D eigenvalue weighted by molar-refractivity contribution is 5.93. The highest BCUT2D eigenvalue weighted by atomic mass is 16.4. The molecule has 0 spiro atoms. The minimum atomic E-state index is -1.27. The zero-order chi connectivity index (χ0) is 29.8. The van der Waals surface area contributed by atoms with Crippen molar-refractivity contribution in [3.05, 3.63) is 71.5 Å². The summed E-state index contributed by atoms with van der Waals surface area (Å²) in [6.07, 6.45) is -0.855. The molecular weight excluding hydrogens is 528 g/mol. The average Bonchev–Trinajstić information content (AvgIpc) is 3.51. The Hall–Kier alpha value is -4.58. The second-order valence-electron chi connectivity index (χ2n) is 10.6. The smallest absolute Gasteiger partial charge is 0.358 e. The van der Waals surface area contributed by atoms with Gasteiger partial charge in [0.15, 0.2) is 5.69 Å². The van der Waals surface area contributed by atoms with Gasteiger partial charge in [-0.1, -0.05) is 73.7 Å². The van der Waals surface area contributed by atoms with Gasteiger partial charge in [-0.25, -0.2) is 9.48 Å². The molecule has 1 saturated heterocycles. The number of aromatic nitrogens is 3. The molecule has 12 heteroatoms. The van der Waals surface area contributed by atoms with Gasteiger partial charge >= 0.3 is 5.97 Å². The fourth-order valence-electron chi connectivity index (χ4n) is 5.14. The molecule has 2 aromatic carbocycles. The van der Waals surface area contributed by atoms with Gasteiger partial charge < -0.3 is 26.2 Å². The zero-order valence-corrected chi connectivity index (χ0v) is 23.1. The van der Waals surface area contributed by atoms with Gasteiger partial charge in [-0.15, -0.1) is 5.10 Å². The van der Waals surface area contributed by atoms with Crippen LogP contribution in [0.4, 0.5) is 0 Å². The van der Waals surface area contributed by atoms with Crippen molar-refractivity contribution < 1.29 is 29.4 Å². The highest BCUT2D eigenvalue weighted by Crippen LogP contribution is 2.28. The first-order valence-corrected chi connectivity index (χ1v) is 13.4. The Balaban J connectivity index is 1.51. The second-order valence-corrected chi connectivity index (χ2v) is 10.6. The van der Waals surface area contributed by atoms with Crippen LogP contribution >= 0.6 is 0 Å². The van der Waals surface area contributed by atoms with Crippen LogP contribution in [0.2, 0.25) is 0 Å². The number of β-amino-alcohol motifs (C(OH)–C–C–N with tert-alkyl or cyclic N) is 1. The Morgan fingerprint density at radius 3 is 2.24 bits per heavy atom. The van der Waals surface area contributed by atoms with E-state index in [1.54, 1.807) is 13.8 Å². The molecule has 41 heavy (non-hydrogen) atoms. The number of nitrogens with one attached hydrogen (secondary N) is 1. The van der Waals surface area contributed by atoms with E-state index in [-0.39, 0.29) is 36.7 Å². The molecule has 0 radical (unpaired) electrons. The first kappa shape index (κ1) is 29.4. The van der Waals surface area contributed by atoms with E-state index in [9.17, 15) is 29.4 Å². The molecule has 2 heterocycles. The van der Waals surface area contributed by atoms with Crippen molar-refractivity contribution in [2.75, 3.05) is 6.54 Å². The first-order valence-electron chi connectivity index (χ1n) is 13.4. The van der Waals surface area contributed by atoms with Crippen LogP contribution in [0.1, 0.15) is 48.1 Å². The number of primary amides is 1. The molecule has 12 nitrogen and oxygen atoms in total. The maximum Gasteiger partial charge on any atom is 0.358 e. The summed E-state index contributed by atoms with van der Waals surface area (Å²) in [6.45, 7) is 4.91. The van der Waals surface area contributed by atoms with Crippen LogP contribution in [-0.4, -0.2) is 78.5 Å². The average molecular weight is 563 g/mol. The number of carboxylic acids is 1. The second kappa shape index (κ2) is 12.3. The van der Waals surface area contributed by atoms with Gasteiger partial charge in [-0.2, -0.15) is 0 Å². The van der Waals surface area contributed by atoms with Crippen LogP contribution in [0.15, 0.2) is 54.6 Å². The Morgan fingerprint density at radius 2 is 1.68 bits per heavy atom. The summed E-state index contributed by atoms with van der Waals surface area (Å²) in [5, 5.41) is 30.0. The number of rotatable bonds is 10. The van der Waals surface area contributed by atoms with Gasteiger partial charge in [0.1, 0.15) is 18.1 Å². The highest BCUT2D eigenvalue weighted by Gasteiger charge is 2.43. The van der Waals surface area contributed by atoms with Gasteiger partial charge in [0.2, 0.25) is 17.7 Å². The third kappa shape index (κ3) is 6.43. The van der Waals surface area contributed by atoms with E-state index in [1.807, 2.05) is 54.6 Å². The molecule has 1 fully saturated rings. The number of carbonyl (C=O) groups is 4. The standard InChI is InChI=1S/C29H34N6O6/c1-16(2)25(35-17(3)24(29(40)41)32-33-35)28(39)34-15-21(36)14-23(34)27(38)31-22(26(30)37)13-18-9-11-20(12-10-18)19-7-5-4-6-8-19/h4-12,16,21-23,25,36H,13-15H2,1-3H3,(H2,30,37)(H,31,38)(H,40,41)/t21-,22-,23+,25-/m1/s1. The first-order chi connectivity index (χ1) is 19.5. The SMILES string of the molecule is Cc1c(C(=O)O)nnn1[C@@H](C(=O)N1C[C@H](O)C[C@H]1C(=O)N[C@H](Cc1ccc(-c2ccccc2)cc1)C(N)=O)C(C)C. The molecule has 1 aliphatic heterocycles. The molecular formula is C29H34N6O6. The van der Waals surface area contributed by atoms with Crippen LogP contribution < -0.4 is 11.1 Å². The molecule has 0 saturated carbocycles. The number of aliphatic hydroxyl groups is 1. The van der Waals surface area contributed by atoms with Gasteiger partial charge in [0.05, 0.1) is 11.8 Å². The number of aliphatic hydroxyl groups excluding tert-OH is 1. The summed E-state index contributed by atoms with van der Waals surface area (Å²) in [6, 6.07) is 14.3. The number of carboxylic acid groups (broad SMARTS) is 1. The van der Waals surface area contributed by atoms with Gasteiger partial charge in [0, 0.05) is 19.4 Å². The van der Waals surface area contributed by atoms with Crippen LogP contribution in [0.25, 0.3) is 11.1 Å². The lowest BCUT2D eigenvalue weighted by atomic mass is 10.00. The van der Waals surface area contributed by atoms with E-state index in [4.69, 9.17) is 5.73 Å². The van der Waals surface area contributed by atoms with Crippen molar-refractivity contribution in [3.8, 4) is 11.1 Å². The monoisotopic (exact) mass is 562 g/mol. The van der Waals surface area contributed by atoms with E-state index < -0.39 is 47.9 Å². The minimum absolute atomic E-state index is 0.0314. The number of likely N-dealkylation sites (tertiary alicyclic amines) is 1. The molecule has 3 amide bonds. The lowest BCUT2D eigenvalue weighted by Crippen LogP contribution is -2.54. The lowest BCUT2D eigenvalue weighted by molar-refractivity contribution is -0.143. The molecule has 1 aliphatic rings. The molecule has 5 N–H and O–H groups in total. The number of nitrogens with two attached hydrogens (primary N) is 1. The van der Waals surface area contributed by atoms with E-state index in [0.717, 1.165) is 16.7 Å². The van der Waals surface area contributed by atoms with Crippen molar-refractivity contribution in [2.24, 2.45) is 11.7 Å². The molecule has 3 aromatic rings. The maximum atomic E-state index is 13.7. The van der Waals surface area contributed by atoms with Crippen LogP contribution in [0, 0.1) is 12.8 Å². The van der Waals surface area contributed by atoms with Crippen LogP contribution in [0.3, 0.4) is 0 Å². The minimum Gasteiger partial charge on any atom is -0.476 e. The number of aromatic carboxylic acids is 1. The van der Waals surface area contributed by atoms with Gasteiger partial charge in [-0.05, 0) is 29.5 Å². The number of hydrogen-bond acceptors (Lipinski definition) is 7. The summed E-state index contributed by atoms with van der Waals surface area (Å²) in [5.74, 6) is -3.49. The van der Waals surface area contributed by atoms with Crippen molar-refractivity contribution in [3.63, 3.8) is 0 Å². The number of nitrogens with zero attached hydrogens (tertiary/aromatic N) is 4. The number of carbonyl (C=O) groups excluding carboxylic acids is 3. The number of benzene rings is 2.